The Hall–Kier alpha value is -2.07. The van der Waals surface area contributed by atoms with Crippen molar-refractivity contribution in [1.82, 2.24) is 0 Å². The SMILES string of the molecule is O=C(O)c1cc(Cl)c(F)c(OCc2ccccc2)c1. The molecule has 1 N–H and O–H groups in total. The average molecular weight is 281 g/mol. The van der Waals surface area contributed by atoms with Crippen LogP contribution < -0.4 is 4.74 Å². The minimum absolute atomic E-state index is 0.116. The van der Waals surface area contributed by atoms with Crippen LogP contribution in [0.3, 0.4) is 0 Å². The van der Waals surface area contributed by atoms with Gasteiger partial charge in [0.15, 0.2) is 11.6 Å². The zero-order chi connectivity index (χ0) is 13.8. The van der Waals surface area contributed by atoms with Crippen molar-refractivity contribution in [3.05, 3.63) is 64.4 Å². The van der Waals surface area contributed by atoms with E-state index < -0.39 is 11.8 Å². The second kappa shape index (κ2) is 5.71. The van der Waals surface area contributed by atoms with Gasteiger partial charge in [0.25, 0.3) is 0 Å². The van der Waals surface area contributed by atoms with E-state index in [1.807, 2.05) is 30.3 Å². The van der Waals surface area contributed by atoms with Gasteiger partial charge in [0.1, 0.15) is 6.61 Å². The van der Waals surface area contributed by atoms with Crippen LogP contribution in [0.4, 0.5) is 4.39 Å². The van der Waals surface area contributed by atoms with Gasteiger partial charge >= 0.3 is 5.97 Å². The molecule has 0 fully saturated rings. The van der Waals surface area contributed by atoms with Crippen LogP contribution in [0.5, 0.6) is 5.75 Å². The first-order valence-corrected chi connectivity index (χ1v) is 5.85. The molecule has 0 aliphatic carbocycles. The molecule has 0 amide bonds. The van der Waals surface area contributed by atoms with Crippen LogP contribution >= 0.6 is 11.6 Å². The first-order valence-electron chi connectivity index (χ1n) is 5.47. The molecule has 5 heteroatoms. The van der Waals surface area contributed by atoms with Crippen molar-refractivity contribution in [1.29, 1.82) is 0 Å². The summed E-state index contributed by atoms with van der Waals surface area (Å²) in [5.74, 6) is -2.12. The summed E-state index contributed by atoms with van der Waals surface area (Å²) >= 11 is 5.63. The summed E-state index contributed by atoms with van der Waals surface area (Å²) in [5, 5.41) is 8.60. The van der Waals surface area contributed by atoms with Crippen LogP contribution in [0.2, 0.25) is 5.02 Å². The molecule has 0 unspecified atom stereocenters. The minimum atomic E-state index is -1.19. The molecule has 2 aromatic rings. The van der Waals surface area contributed by atoms with Crippen molar-refractivity contribution in [3.8, 4) is 5.75 Å². The van der Waals surface area contributed by atoms with E-state index in [4.69, 9.17) is 21.4 Å². The Morgan fingerprint density at radius 2 is 1.95 bits per heavy atom. The molecule has 0 aliphatic rings. The highest BCUT2D eigenvalue weighted by molar-refractivity contribution is 6.31. The zero-order valence-corrected chi connectivity index (χ0v) is 10.5. The number of hydrogen-bond acceptors (Lipinski definition) is 2. The Bertz CT molecular complexity index is 599. The van der Waals surface area contributed by atoms with E-state index in [1.165, 1.54) is 0 Å². The lowest BCUT2D eigenvalue weighted by atomic mass is 10.2. The van der Waals surface area contributed by atoms with Crippen molar-refractivity contribution in [2.75, 3.05) is 0 Å². The molecule has 0 radical (unpaired) electrons. The van der Waals surface area contributed by atoms with Gasteiger partial charge in [-0.05, 0) is 17.7 Å². The van der Waals surface area contributed by atoms with Crippen LogP contribution in [-0.4, -0.2) is 11.1 Å². The van der Waals surface area contributed by atoms with E-state index in [0.29, 0.717) is 0 Å². The smallest absolute Gasteiger partial charge is 0.335 e. The summed E-state index contributed by atoms with van der Waals surface area (Å²) in [6, 6.07) is 11.3. The van der Waals surface area contributed by atoms with Crippen LogP contribution in [0.25, 0.3) is 0 Å². The Kier molecular flexibility index (Phi) is 4.02. The number of halogens is 2. The fourth-order valence-corrected chi connectivity index (χ4v) is 1.74. The van der Waals surface area contributed by atoms with Crippen molar-refractivity contribution < 1.29 is 19.0 Å². The van der Waals surface area contributed by atoms with Crippen LogP contribution in [0, 0.1) is 5.82 Å². The van der Waals surface area contributed by atoms with E-state index in [9.17, 15) is 9.18 Å². The highest BCUT2D eigenvalue weighted by Crippen LogP contribution is 2.27. The molecule has 2 rings (SSSR count). The van der Waals surface area contributed by atoms with Gasteiger partial charge in [-0.15, -0.1) is 0 Å². The number of benzene rings is 2. The predicted molar refractivity (Wildman–Crippen MR) is 69.1 cm³/mol. The fourth-order valence-electron chi connectivity index (χ4n) is 1.53. The van der Waals surface area contributed by atoms with Gasteiger partial charge in [-0.25, -0.2) is 9.18 Å². The first-order chi connectivity index (χ1) is 9.08. The van der Waals surface area contributed by atoms with Gasteiger partial charge < -0.3 is 9.84 Å². The van der Waals surface area contributed by atoms with Gasteiger partial charge in [-0.1, -0.05) is 41.9 Å². The fraction of sp³-hybridized carbons (Fsp3) is 0.0714. The number of ether oxygens (including phenoxy) is 1. The molecule has 0 atom stereocenters. The molecule has 2 aromatic carbocycles. The van der Waals surface area contributed by atoms with Gasteiger partial charge in [-0.3, -0.25) is 0 Å². The summed E-state index contributed by atoms with van der Waals surface area (Å²) in [7, 11) is 0. The molecule has 3 nitrogen and oxygen atoms in total. The third-order valence-corrected chi connectivity index (χ3v) is 2.75. The molecule has 0 bridgehead atoms. The number of aromatic carboxylic acids is 1. The van der Waals surface area contributed by atoms with Crippen LogP contribution in [-0.2, 0) is 6.61 Å². The highest BCUT2D eigenvalue weighted by Gasteiger charge is 2.14. The van der Waals surface area contributed by atoms with E-state index >= 15 is 0 Å². The number of carbonyl (C=O) groups is 1. The Balaban J connectivity index is 2.22. The largest absolute Gasteiger partial charge is 0.486 e. The molecule has 0 saturated carbocycles. The van der Waals surface area contributed by atoms with Gasteiger partial charge in [0.2, 0.25) is 0 Å². The summed E-state index contributed by atoms with van der Waals surface area (Å²) in [6.45, 7) is 0.136. The third kappa shape index (κ3) is 3.23. The van der Waals surface area contributed by atoms with Crippen molar-refractivity contribution in [3.63, 3.8) is 0 Å². The highest BCUT2D eigenvalue weighted by atomic mass is 35.5. The molecule has 19 heavy (non-hydrogen) atoms. The van der Waals surface area contributed by atoms with Gasteiger partial charge in [0, 0.05) is 0 Å². The molecule has 0 spiro atoms. The average Bonchev–Trinajstić information content (AvgIpc) is 2.41. The van der Waals surface area contributed by atoms with Crippen molar-refractivity contribution in [2.24, 2.45) is 0 Å². The third-order valence-electron chi connectivity index (χ3n) is 2.48. The maximum absolute atomic E-state index is 13.7. The van der Waals surface area contributed by atoms with E-state index in [1.54, 1.807) is 0 Å². The lowest BCUT2D eigenvalue weighted by molar-refractivity contribution is 0.0696. The summed E-state index contributed by atoms with van der Waals surface area (Å²) < 4.78 is 19.0. The zero-order valence-electron chi connectivity index (χ0n) is 9.77. The molecule has 0 aromatic heterocycles. The Labute approximate surface area is 114 Å². The molecular formula is C14H10ClFO3. The number of carboxylic acid groups (broad SMARTS) is 1. The van der Waals surface area contributed by atoms with Crippen LogP contribution in [0.15, 0.2) is 42.5 Å². The van der Waals surface area contributed by atoms with E-state index in [-0.39, 0.29) is 22.9 Å². The lowest BCUT2D eigenvalue weighted by Gasteiger charge is -2.09. The maximum atomic E-state index is 13.7. The minimum Gasteiger partial charge on any atom is -0.486 e. The number of rotatable bonds is 4. The monoisotopic (exact) mass is 280 g/mol. The standard InChI is InChI=1S/C14H10ClFO3/c15-11-6-10(14(17)18)7-12(13(11)16)19-8-9-4-2-1-3-5-9/h1-7H,8H2,(H,17,18). The predicted octanol–water partition coefficient (Wildman–Crippen LogP) is 3.76. The van der Waals surface area contributed by atoms with Crippen molar-refractivity contribution in [2.45, 2.75) is 6.61 Å². The van der Waals surface area contributed by atoms with Crippen LogP contribution in [0.1, 0.15) is 15.9 Å². The second-order valence-corrected chi connectivity index (χ2v) is 4.26. The first kappa shape index (κ1) is 13.4. The Morgan fingerprint density at radius 3 is 2.58 bits per heavy atom. The van der Waals surface area contributed by atoms with Crippen molar-refractivity contribution >= 4 is 17.6 Å². The molecule has 0 heterocycles. The van der Waals surface area contributed by atoms with Gasteiger partial charge in [0.05, 0.1) is 10.6 Å². The molecule has 0 saturated heterocycles. The van der Waals surface area contributed by atoms with E-state index in [0.717, 1.165) is 17.7 Å². The molecular weight excluding hydrogens is 271 g/mol. The summed E-state index contributed by atoms with van der Waals surface area (Å²) in [6.07, 6.45) is 0. The van der Waals surface area contributed by atoms with Gasteiger partial charge in [-0.2, -0.15) is 0 Å². The quantitative estimate of drug-likeness (QED) is 0.927. The lowest BCUT2D eigenvalue weighted by Crippen LogP contribution is -2.02. The van der Waals surface area contributed by atoms with E-state index in [2.05, 4.69) is 0 Å². The molecule has 98 valence electrons. The summed E-state index contributed by atoms with van der Waals surface area (Å²) in [5.41, 5.74) is 0.730. The number of carboxylic acids is 1. The molecule has 0 aliphatic heterocycles. The number of hydrogen-bond donors (Lipinski definition) is 1. The second-order valence-electron chi connectivity index (χ2n) is 3.85. The normalized spacial score (nSPS) is 10.2. The Morgan fingerprint density at radius 1 is 1.26 bits per heavy atom. The maximum Gasteiger partial charge on any atom is 0.335 e. The topological polar surface area (TPSA) is 46.5 Å². The summed E-state index contributed by atoms with van der Waals surface area (Å²) in [4.78, 5) is 10.9.